The Bertz CT molecular complexity index is 102. The van der Waals surface area contributed by atoms with E-state index in [0.717, 1.165) is 0 Å². The second kappa shape index (κ2) is 3.85. The lowest BCUT2D eigenvalue weighted by molar-refractivity contribution is -0.0767. The average Bonchev–Trinajstić information content (AvgIpc) is 1.60. The largest absolute Gasteiger partial charge is 0.358 e. The molecular weight excluding hydrogens is 182 g/mol. The average molecular weight is 190 g/mol. The van der Waals surface area contributed by atoms with Crippen LogP contribution in [0, 0.1) is 0 Å². The van der Waals surface area contributed by atoms with Crippen LogP contribution in [0.15, 0.2) is 0 Å². The van der Waals surface area contributed by atoms with Gasteiger partial charge in [0.2, 0.25) is 13.9 Å². The van der Waals surface area contributed by atoms with E-state index < -0.39 is 28.4 Å². The van der Waals surface area contributed by atoms with Crippen LogP contribution in [0.25, 0.3) is 0 Å². The van der Waals surface area contributed by atoms with E-state index in [2.05, 4.69) is 0 Å². The van der Waals surface area contributed by atoms with E-state index in [1.165, 1.54) is 0 Å². The molecule has 0 atom stereocenters. The summed E-state index contributed by atoms with van der Waals surface area (Å²) in [7, 11) is -5.49. The third-order valence-corrected chi connectivity index (χ3v) is 2.45. The second-order valence-corrected chi connectivity index (χ2v) is 3.95. The predicted molar refractivity (Wildman–Crippen MR) is 34.8 cm³/mol. The molecule has 0 bridgehead atoms. The molecule has 0 aromatic rings. The molecule has 0 heterocycles. The Hall–Kier alpha value is 0.620. The van der Waals surface area contributed by atoms with Crippen molar-refractivity contribution in [3.8, 4) is 0 Å². The first kappa shape index (κ1) is 10.6. The van der Waals surface area contributed by atoms with Crippen molar-refractivity contribution in [1.82, 2.24) is 0 Å². The van der Waals surface area contributed by atoms with Crippen LogP contribution in [-0.2, 0) is 0 Å². The van der Waals surface area contributed by atoms with Gasteiger partial charge in [-0.2, -0.15) is 0 Å². The Balaban J connectivity index is 3.87. The minimum absolute atomic E-state index is 0.846. The van der Waals surface area contributed by atoms with E-state index in [0.29, 0.717) is 0 Å². The molecule has 0 spiro atoms. The lowest BCUT2D eigenvalue weighted by atomic mass is 10.8. The standard InChI is InChI=1S/C2H8O6P2/c3-2(4,10(7)8)1-9(5)6/h3-8H,1H2. The van der Waals surface area contributed by atoms with Gasteiger partial charge < -0.3 is 29.8 Å². The molecule has 0 aliphatic heterocycles. The van der Waals surface area contributed by atoms with E-state index in [9.17, 15) is 0 Å². The van der Waals surface area contributed by atoms with Crippen LogP contribution in [0.4, 0.5) is 0 Å². The van der Waals surface area contributed by atoms with E-state index in [4.69, 9.17) is 29.8 Å². The Morgan fingerprint density at radius 2 is 1.40 bits per heavy atom. The maximum atomic E-state index is 8.54. The second-order valence-electron chi connectivity index (χ2n) is 1.59. The van der Waals surface area contributed by atoms with Crippen molar-refractivity contribution in [2.24, 2.45) is 0 Å². The summed E-state index contributed by atoms with van der Waals surface area (Å²) >= 11 is 0. The Morgan fingerprint density at radius 3 is 1.50 bits per heavy atom. The normalized spacial score (nSPS) is 13.2. The van der Waals surface area contributed by atoms with Crippen LogP contribution in [0.1, 0.15) is 0 Å². The highest BCUT2D eigenvalue weighted by atomic mass is 31.2. The molecule has 6 nitrogen and oxygen atoms in total. The molecule has 0 unspecified atom stereocenters. The first-order chi connectivity index (χ1) is 4.36. The van der Waals surface area contributed by atoms with Crippen LogP contribution in [0.5, 0.6) is 0 Å². The molecule has 0 amide bonds. The van der Waals surface area contributed by atoms with Crippen molar-refractivity contribution >= 4 is 16.8 Å². The summed E-state index contributed by atoms with van der Waals surface area (Å²) in [4.78, 5) is 32.9. The van der Waals surface area contributed by atoms with Gasteiger partial charge in [0, 0.05) is 0 Å². The number of hydrogen-bond acceptors (Lipinski definition) is 6. The molecule has 0 aromatic heterocycles. The highest BCUT2D eigenvalue weighted by Gasteiger charge is 2.35. The molecule has 0 saturated carbocycles. The fourth-order valence-corrected chi connectivity index (χ4v) is 1.52. The third kappa shape index (κ3) is 3.71. The molecule has 0 fully saturated rings. The molecule has 62 valence electrons. The smallest absolute Gasteiger partial charge is 0.243 e. The maximum absolute atomic E-state index is 8.54. The predicted octanol–water partition coefficient (Wildman–Crippen LogP) is -1.78. The SMILES string of the molecule is OP(O)CC(O)(O)P(O)O. The minimum atomic E-state index is -2.97. The molecule has 0 rings (SSSR count). The van der Waals surface area contributed by atoms with Gasteiger partial charge >= 0.3 is 0 Å². The van der Waals surface area contributed by atoms with Gasteiger partial charge in [-0.15, -0.1) is 0 Å². The van der Waals surface area contributed by atoms with Gasteiger partial charge in [-0.05, 0) is 0 Å². The quantitative estimate of drug-likeness (QED) is 0.231. The van der Waals surface area contributed by atoms with E-state index in [-0.39, 0.29) is 0 Å². The lowest BCUT2D eigenvalue weighted by Crippen LogP contribution is -2.29. The van der Waals surface area contributed by atoms with E-state index in [1.807, 2.05) is 0 Å². The number of aliphatic hydroxyl groups is 2. The maximum Gasteiger partial charge on any atom is 0.243 e. The summed E-state index contributed by atoms with van der Waals surface area (Å²) in [5, 5.41) is 17.1. The summed E-state index contributed by atoms with van der Waals surface area (Å²) in [6.45, 7) is 0. The molecule has 0 radical (unpaired) electrons. The summed E-state index contributed by atoms with van der Waals surface area (Å²) in [6, 6.07) is 0. The highest BCUT2D eigenvalue weighted by Crippen LogP contribution is 2.43. The van der Waals surface area contributed by atoms with Crippen molar-refractivity contribution in [2.75, 3.05) is 6.16 Å². The van der Waals surface area contributed by atoms with Crippen LogP contribution in [0.3, 0.4) is 0 Å². The van der Waals surface area contributed by atoms with Crippen molar-refractivity contribution < 1.29 is 29.8 Å². The molecule has 0 saturated heterocycles. The highest BCUT2D eigenvalue weighted by molar-refractivity contribution is 7.50. The summed E-state index contributed by atoms with van der Waals surface area (Å²) < 4.78 is 0. The van der Waals surface area contributed by atoms with Crippen molar-refractivity contribution in [1.29, 1.82) is 0 Å². The zero-order chi connectivity index (χ0) is 8.36. The monoisotopic (exact) mass is 190 g/mol. The van der Waals surface area contributed by atoms with Gasteiger partial charge in [0.1, 0.15) is 0 Å². The molecule has 10 heavy (non-hydrogen) atoms. The molecule has 8 heteroatoms. The van der Waals surface area contributed by atoms with Crippen molar-refractivity contribution in [2.45, 2.75) is 5.53 Å². The Morgan fingerprint density at radius 1 is 1.00 bits per heavy atom. The van der Waals surface area contributed by atoms with Gasteiger partial charge in [-0.3, -0.25) is 0 Å². The summed E-state index contributed by atoms with van der Waals surface area (Å²) in [5.41, 5.74) is -2.77. The first-order valence-electron chi connectivity index (χ1n) is 2.14. The van der Waals surface area contributed by atoms with Crippen LogP contribution < -0.4 is 0 Å². The van der Waals surface area contributed by atoms with Crippen LogP contribution in [0.2, 0.25) is 0 Å². The molecular formula is C2H8O6P2. The Kier molecular flexibility index (Phi) is 4.09. The molecule has 6 N–H and O–H groups in total. The van der Waals surface area contributed by atoms with Gasteiger partial charge in [0.15, 0.2) is 8.38 Å². The third-order valence-electron chi connectivity index (χ3n) is 0.674. The minimum Gasteiger partial charge on any atom is -0.358 e. The molecule has 0 aliphatic carbocycles. The van der Waals surface area contributed by atoms with Gasteiger partial charge in [0.25, 0.3) is 0 Å². The van der Waals surface area contributed by atoms with Gasteiger partial charge in [-0.25, -0.2) is 0 Å². The first-order valence-corrected chi connectivity index (χ1v) is 4.82. The summed E-state index contributed by atoms with van der Waals surface area (Å²) in [6.07, 6.45) is -0.846. The lowest BCUT2D eigenvalue weighted by Gasteiger charge is -2.21. The van der Waals surface area contributed by atoms with Crippen molar-refractivity contribution in [3.05, 3.63) is 0 Å². The van der Waals surface area contributed by atoms with Crippen LogP contribution in [-0.4, -0.2) is 41.5 Å². The summed E-state index contributed by atoms with van der Waals surface area (Å²) in [5.74, 6) is 0. The Labute approximate surface area is 59.2 Å². The topological polar surface area (TPSA) is 121 Å². The number of hydrogen-bond donors (Lipinski definition) is 6. The fourth-order valence-electron chi connectivity index (χ4n) is 0.253. The zero-order valence-corrected chi connectivity index (χ0v) is 6.57. The van der Waals surface area contributed by atoms with Crippen molar-refractivity contribution in [3.63, 3.8) is 0 Å². The van der Waals surface area contributed by atoms with Gasteiger partial charge in [0.05, 0.1) is 6.16 Å². The van der Waals surface area contributed by atoms with Crippen LogP contribution >= 0.6 is 16.8 Å². The van der Waals surface area contributed by atoms with Gasteiger partial charge in [-0.1, -0.05) is 0 Å². The van der Waals surface area contributed by atoms with E-state index >= 15 is 0 Å². The molecule has 0 aliphatic rings. The zero-order valence-electron chi connectivity index (χ0n) is 4.78. The number of rotatable bonds is 3. The van der Waals surface area contributed by atoms with E-state index in [1.54, 1.807) is 0 Å². The fraction of sp³-hybridized carbons (Fsp3) is 1.00. The molecule has 0 aromatic carbocycles.